The molecule has 1 aromatic rings. The molecule has 0 saturated carbocycles. The lowest BCUT2D eigenvalue weighted by molar-refractivity contribution is 0.182. The summed E-state index contributed by atoms with van der Waals surface area (Å²) in [5.41, 5.74) is 3.32. The summed E-state index contributed by atoms with van der Waals surface area (Å²) >= 11 is 3.22. The molecule has 1 rings (SSSR count). The molecule has 1 atom stereocenters. The van der Waals surface area contributed by atoms with Crippen molar-refractivity contribution >= 4 is 15.9 Å². The first kappa shape index (κ1) is 13.6. The van der Waals surface area contributed by atoms with Crippen LogP contribution in [0.4, 0.5) is 4.39 Å². The van der Waals surface area contributed by atoms with Gasteiger partial charge in [0, 0.05) is 24.2 Å². The minimum Gasteiger partial charge on any atom is -0.385 e. The molecule has 0 aliphatic heterocycles. The highest BCUT2D eigenvalue weighted by Gasteiger charge is 2.10. The first-order valence-corrected chi connectivity index (χ1v) is 5.85. The normalized spacial score (nSPS) is 12.8. The minimum atomic E-state index is -0.216. The number of rotatable bonds is 6. The maximum Gasteiger partial charge on any atom is 0.127 e. The van der Waals surface area contributed by atoms with Gasteiger partial charge in [0.2, 0.25) is 0 Å². The molecule has 0 heterocycles. The molecule has 90 valence electrons. The van der Waals surface area contributed by atoms with Crippen LogP contribution in [0.15, 0.2) is 22.7 Å². The number of methoxy groups -OCH3 is 1. The Morgan fingerprint density at radius 3 is 2.88 bits per heavy atom. The molecule has 0 bridgehead atoms. The van der Waals surface area contributed by atoms with E-state index in [0.29, 0.717) is 18.6 Å². The van der Waals surface area contributed by atoms with Gasteiger partial charge in [-0.05, 0) is 30.5 Å². The average molecular weight is 291 g/mol. The Bertz CT molecular complexity index is 336. The maximum atomic E-state index is 13.5. The smallest absolute Gasteiger partial charge is 0.127 e. The van der Waals surface area contributed by atoms with Gasteiger partial charge in [-0.2, -0.15) is 0 Å². The Morgan fingerprint density at radius 2 is 2.31 bits per heavy atom. The zero-order chi connectivity index (χ0) is 12.0. The van der Waals surface area contributed by atoms with E-state index < -0.39 is 0 Å². The zero-order valence-electron chi connectivity index (χ0n) is 9.17. The number of hydrogen-bond donors (Lipinski definition) is 2. The van der Waals surface area contributed by atoms with E-state index in [4.69, 9.17) is 10.6 Å². The van der Waals surface area contributed by atoms with Gasteiger partial charge >= 0.3 is 0 Å². The first-order chi connectivity index (χ1) is 7.67. The Balaban J connectivity index is 2.62. The molecule has 3 nitrogen and oxygen atoms in total. The molecule has 0 spiro atoms. The Morgan fingerprint density at radius 1 is 1.56 bits per heavy atom. The van der Waals surface area contributed by atoms with Gasteiger partial charge < -0.3 is 4.74 Å². The predicted octanol–water partition coefficient (Wildman–Crippen LogP) is 2.00. The van der Waals surface area contributed by atoms with Crippen LogP contribution in [0.3, 0.4) is 0 Å². The Kier molecular flexibility index (Phi) is 5.90. The van der Waals surface area contributed by atoms with Crippen LogP contribution in [0, 0.1) is 5.82 Å². The second-order valence-electron chi connectivity index (χ2n) is 3.58. The monoisotopic (exact) mass is 290 g/mol. The first-order valence-electron chi connectivity index (χ1n) is 5.06. The van der Waals surface area contributed by atoms with E-state index in [-0.39, 0.29) is 11.9 Å². The van der Waals surface area contributed by atoms with Crippen LogP contribution in [0.5, 0.6) is 0 Å². The lowest BCUT2D eigenvalue weighted by Crippen LogP contribution is -2.37. The van der Waals surface area contributed by atoms with Crippen LogP contribution >= 0.6 is 15.9 Å². The molecule has 0 saturated heterocycles. The average Bonchev–Trinajstić information content (AvgIpc) is 2.27. The van der Waals surface area contributed by atoms with Crippen molar-refractivity contribution in [1.29, 1.82) is 0 Å². The minimum absolute atomic E-state index is 0.0237. The lowest BCUT2D eigenvalue weighted by atomic mass is 10.0. The molecule has 0 fully saturated rings. The largest absolute Gasteiger partial charge is 0.385 e. The van der Waals surface area contributed by atoms with Crippen molar-refractivity contribution in [2.24, 2.45) is 5.84 Å². The molecular formula is C11H16BrFN2O. The maximum absolute atomic E-state index is 13.5. The summed E-state index contributed by atoms with van der Waals surface area (Å²) in [7, 11) is 1.63. The standard InChI is InChI=1S/C11H16BrFN2O/c1-16-5-4-10(15-14)6-8-2-3-9(12)7-11(8)13/h2-3,7,10,15H,4-6,14H2,1H3. The second-order valence-corrected chi connectivity index (χ2v) is 4.50. The lowest BCUT2D eigenvalue weighted by Gasteiger charge is -2.15. The van der Waals surface area contributed by atoms with Gasteiger partial charge in [0.05, 0.1) is 0 Å². The van der Waals surface area contributed by atoms with Gasteiger partial charge in [-0.25, -0.2) is 4.39 Å². The quantitative estimate of drug-likeness (QED) is 0.622. The molecular weight excluding hydrogens is 275 g/mol. The molecule has 0 radical (unpaired) electrons. The summed E-state index contributed by atoms with van der Waals surface area (Å²) in [5.74, 6) is 5.19. The van der Waals surface area contributed by atoms with Crippen molar-refractivity contribution in [3.8, 4) is 0 Å². The van der Waals surface area contributed by atoms with Crippen LogP contribution in [0.25, 0.3) is 0 Å². The number of hydrogen-bond acceptors (Lipinski definition) is 3. The van der Waals surface area contributed by atoms with E-state index in [0.717, 1.165) is 10.9 Å². The molecule has 0 aromatic heterocycles. The molecule has 0 amide bonds. The number of nitrogens with two attached hydrogens (primary N) is 1. The number of benzene rings is 1. The third-order valence-corrected chi connectivity index (χ3v) is 2.88. The number of halogens is 2. The highest BCUT2D eigenvalue weighted by molar-refractivity contribution is 9.10. The zero-order valence-corrected chi connectivity index (χ0v) is 10.8. The molecule has 3 N–H and O–H groups in total. The molecule has 1 aromatic carbocycles. The summed E-state index contributed by atoms with van der Waals surface area (Å²) in [4.78, 5) is 0. The Hall–Kier alpha value is -0.490. The third-order valence-electron chi connectivity index (χ3n) is 2.39. The van der Waals surface area contributed by atoms with Crippen molar-refractivity contribution in [3.05, 3.63) is 34.1 Å². The van der Waals surface area contributed by atoms with Gasteiger partial charge in [-0.15, -0.1) is 0 Å². The van der Waals surface area contributed by atoms with E-state index in [1.165, 1.54) is 6.07 Å². The molecule has 1 unspecified atom stereocenters. The predicted molar refractivity (Wildman–Crippen MR) is 65.4 cm³/mol. The number of ether oxygens (including phenoxy) is 1. The molecule has 16 heavy (non-hydrogen) atoms. The summed E-state index contributed by atoms with van der Waals surface area (Å²) in [6, 6.07) is 5.06. The fraction of sp³-hybridized carbons (Fsp3) is 0.455. The summed E-state index contributed by atoms with van der Waals surface area (Å²) in [6.07, 6.45) is 1.31. The van der Waals surface area contributed by atoms with Crippen LogP contribution < -0.4 is 11.3 Å². The second kappa shape index (κ2) is 6.96. The van der Waals surface area contributed by atoms with E-state index in [1.807, 2.05) is 6.07 Å². The van der Waals surface area contributed by atoms with E-state index in [2.05, 4.69) is 21.4 Å². The van der Waals surface area contributed by atoms with Gasteiger partial charge in [0.15, 0.2) is 0 Å². The van der Waals surface area contributed by atoms with Gasteiger partial charge in [0.1, 0.15) is 5.82 Å². The van der Waals surface area contributed by atoms with Crippen molar-refractivity contribution in [1.82, 2.24) is 5.43 Å². The van der Waals surface area contributed by atoms with Crippen molar-refractivity contribution in [2.75, 3.05) is 13.7 Å². The van der Waals surface area contributed by atoms with E-state index in [9.17, 15) is 4.39 Å². The third kappa shape index (κ3) is 4.17. The highest BCUT2D eigenvalue weighted by Crippen LogP contribution is 2.17. The van der Waals surface area contributed by atoms with Crippen LogP contribution in [0.1, 0.15) is 12.0 Å². The van der Waals surface area contributed by atoms with Crippen LogP contribution in [0.2, 0.25) is 0 Å². The fourth-order valence-electron chi connectivity index (χ4n) is 1.46. The van der Waals surface area contributed by atoms with Crippen molar-refractivity contribution in [3.63, 3.8) is 0 Å². The van der Waals surface area contributed by atoms with Crippen LogP contribution in [-0.4, -0.2) is 19.8 Å². The number of hydrazine groups is 1. The summed E-state index contributed by atoms with van der Waals surface area (Å²) in [5, 5.41) is 0. The Labute approximate surface area is 103 Å². The van der Waals surface area contributed by atoms with E-state index >= 15 is 0 Å². The summed E-state index contributed by atoms with van der Waals surface area (Å²) < 4.78 is 19.2. The van der Waals surface area contributed by atoms with Gasteiger partial charge in [0.25, 0.3) is 0 Å². The SMILES string of the molecule is COCCC(Cc1ccc(Br)cc1F)NN. The topological polar surface area (TPSA) is 47.3 Å². The van der Waals surface area contributed by atoms with Gasteiger partial charge in [-0.1, -0.05) is 22.0 Å². The van der Waals surface area contributed by atoms with E-state index in [1.54, 1.807) is 13.2 Å². The highest BCUT2D eigenvalue weighted by atomic mass is 79.9. The number of nitrogens with one attached hydrogen (secondary N) is 1. The fourth-order valence-corrected chi connectivity index (χ4v) is 1.79. The van der Waals surface area contributed by atoms with Gasteiger partial charge in [-0.3, -0.25) is 11.3 Å². The summed E-state index contributed by atoms with van der Waals surface area (Å²) in [6.45, 7) is 0.604. The molecule has 0 aliphatic carbocycles. The van der Waals surface area contributed by atoms with Crippen LogP contribution in [-0.2, 0) is 11.2 Å². The van der Waals surface area contributed by atoms with Crippen molar-refractivity contribution < 1.29 is 9.13 Å². The molecule has 5 heteroatoms. The van der Waals surface area contributed by atoms with Crippen molar-refractivity contribution in [2.45, 2.75) is 18.9 Å². The molecule has 0 aliphatic rings.